The Labute approximate surface area is 70.5 Å². The Morgan fingerprint density at radius 1 is 1.73 bits per heavy atom. The van der Waals surface area contributed by atoms with Crippen LogP contribution in [0.5, 0.6) is 0 Å². The molecule has 0 saturated carbocycles. The molecule has 0 bridgehead atoms. The molecule has 0 aliphatic heterocycles. The Kier molecular flexibility index (Phi) is 3.32. The summed E-state index contributed by atoms with van der Waals surface area (Å²) in [5, 5.41) is 11.1. The molecular formula is C6H11ClN4. The summed E-state index contributed by atoms with van der Waals surface area (Å²) in [6, 6.07) is 0. The maximum atomic E-state index is 5.47. The Morgan fingerprint density at radius 2 is 2.55 bits per heavy atom. The van der Waals surface area contributed by atoms with Crippen molar-refractivity contribution in [2.45, 2.75) is 6.54 Å². The minimum Gasteiger partial charge on any atom is -0.310 e. The average molecular weight is 175 g/mol. The van der Waals surface area contributed by atoms with E-state index in [1.807, 2.05) is 0 Å². The van der Waals surface area contributed by atoms with Gasteiger partial charge in [-0.05, 0) is 0 Å². The maximum Gasteiger partial charge on any atom is 0.0964 e. The average Bonchev–Trinajstić information content (AvgIpc) is 2.37. The van der Waals surface area contributed by atoms with E-state index in [9.17, 15) is 0 Å². The van der Waals surface area contributed by atoms with E-state index in [-0.39, 0.29) is 0 Å². The van der Waals surface area contributed by atoms with Crippen molar-refractivity contribution in [3.63, 3.8) is 0 Å². The lowest BCUT2D eigenvalue weighted by atomic mass is 10.5. The van der Waals surface area contributed by atoms with Gasteiger partial charge >= 0.3 is 0 Å². The highest BCUT2D eigenvalue weighted by atomic mass is 35.5. The van der Waals surface area contributed by atoms with Gasteiger partial charge in [0.15, 0.2) is 0 Å². The molecule has 0 aliphatic rings. The van der Waals surface area contributed by atoms with Crippen LogP contribution in [-0.2, 0) is 13.6 Å². The number of hydrogen-bond acceptors (Lipinski definition) is 3. The van der Waals surface area contributed by atoms with Crippen LogP contribution < -0.4 is 5.32 Å². The van der Waals surface area contributed by atoms with Gasteiger partial charge in [0.25, 0.3) is 0 Å². The molecule has 1 heterocycles. The van der Waals surface area contributed by atoms with E-state index < -0.39 is 0 Å². The van der Waals surface area contributed by atoms with Gasteiger partial charge in [0, 0.05) is 26.0 Å². The number of nitrogens with zero attached hydrogens (tertiary/aromatic N) is 3. The van der Waals surface area contributed by atoms with E-state index in [2.05, 4.69) is 15.5 Å². The van der Waals surface area contributed by atoms with Crippen molar-refractivity contribution in [3.05, 3.63) is 11.9 Å². The van der Waals surface area contributed by atoms with Crippen LogP contribution in [0.15, 0.2) is 6.20 Å². The van der Waals surface area contributed by atoms with E-state index in [0.717, 1.165) is 18.8 Å². The molecule has 0 unspecified atom stereocenters. The summed E-state index contributed by atoms with van der Waals surface area (Å²) < 4.78 is 0. The van der Waals surface area contributed by atoms with Gasteiger partial charge in [-0.25, -0.2) is 0 Å². The zero-order chi connectivity index (χ0) is 8.10. The fourth-order valence-electron chi connectivity index (χ4n) is 0.752. The van der Waals surface area contributed by atoms with Crippen molar-refractivity contribution in [2.24, 2.45) is 7.05 Å². The van der Waals surface area contributed by atoms with E-state index in [0.29, 0.717) is 5.88 Å². The number of aromatic nitrogens is 3. The second-order valence-corrected chi connectivity index (χ2v) is 2.57. The Balaban J connectivity index is 2.27. The van der Waals surface area contributed by atoms with Crippen LogP contribution >= 0.6 is 11.6 Å². The molecular weight excluding hydrogens is 164 g/mol. The van der Waals surface area contributed by atoms with E-state index in [1.54, 1.807) is 13.2 Å². The van der Waals surface area contributed by atoms with Crippen LogP contribution in [0.1, 0.15) is 5.69 Å². The highest BCUT2D eigenvalue weighted by Gasteiger charge is 1.95. The predicted octanol–water partition coefficient (Wildman–Crippen LogP) is 0.143. The van der Waals surface area contributed by atoms with Gasteiger partial charge in [-0.15, -0.1) is 11.6 Å². The Morgan fingerprint density at radius 3 is 3.09 bits per heavy atom. The molecule has 1 rings (SSSR count). The van der Waals surface area contributed by atoms with Gasteiger partial charge in [-0.1, -0.05) is 0 Å². The fourth-order valence-corrected chi connectivity index (χ4v) is 0.886. The van der Waals surface area contributed by atoms with Crippen LogP contribution in [0.4, 0.5) is 0 Å². The summed E-state index contributed by atoms with van der Waals surface area (Å²) in [5.74, 6) is 0.625. The van der Waals surface area contributed by atoms with Crippen molar-refractivity contribution < 1.29 is 0 Å². The second kappa shape index (κ2) is 4.31. The van der Waals surface area contributed by atoms with E-state index in [4.69, 9.17) is 11.6 Å². The smallest absolute Gasteiger partial charge is 0.0964 e. The molecule has 0 fully saturated rings. The summed E-state index contributed by atoms with van der Waals surface area (Å²) in [6.07, 6.45) is 1.74. The van der Waals surface area contributed by atoms with Gasteiger partial charge in [0.1, 0.15) is 0 Å². The molecule has 62 valence electrons. The van der Waals surface area contributed by atoms with Crippen LogP contribution in [0.25, 0.3) is 0 Å². The number of alkyl halides is 1. The van der Waals surface area contributed by atoms with E-state index in [1.165, 1.54) is 4.80 Å². The summed E-state index contributed by atoms with van der Waals surface area (Å²) in [6.45, 7) is 1.54. The number of halogens is 1. The standard InChI is InChI=1S/C6H11ClN4/c1-11-9-5-6(10-11)4-8-3-2-7/h5,8H,2-4H2,1H3. The van der Waals surface area contributed by atoms with E-state index >= 15 is 0 Å². The third kappa shape index (κ3) is 2.86. The first-order valence-corrected chi connectivity index (χ1v) is 3.98. The lowest BCUT2D eigenvalue weighted by Gasteiger charge is -1.95. The quantitative estimate of drug-likeness (QED) is 0.522. The van der Waals surface area contributed by atoms with Crippen LogP contribution in [0.2, 0.25) is 0 Å². The number of rotatable bonds is 4. The highest BCUT2D eigenvalue weighted by Crippen LogP contribution is 1.88. The van der Waals surface area contributed by atoms with Crippen molar-refractivity contribution in [2.75, 3.05) is 12.4 Å². The third-order valence-corrected chi connectivity index (χ3v) is 1.41. The maximum absolute atomic E-state index is 5.47. The first-order valence-electron chi connectivity index (χ1n) is 3.45. The zero-order valence-corrected chi connectivity index (χ0v) is 7.17. The first-order chi connectivity index (χ1) is 5.33. The Hall–Kier alpha value is -0.610. The molecule has 4 nitrogen and oxygen atoms in total. The van der Waals surface area contributed by atoms with Gasteiger partial charge in [0.05, 0.1) is 11.9 Å². The zero-order valence-electron chi connectivity index (χ0n) is 6.42. The van der Waals surface area contributed by atoms with Crippen molar-refractivity contribution in [1.29, 1.82) is 0 Å². The van der Waals surface area contributed by atoms with Gasteiger partial charge in [0.2, 0.25) is 0 Å². The molecule has 0 radical (unpaired) electrons. The lowest BCUT2D eigenvalue weighted by molar-refractivity contribution is 0.630. The summed E-state index contributed by atoms with van der Waals surface area (Å²) in [5.41, 5.74) is 0.942. The van der Waals surface area contributed by atoms with Crippen LogP contribution in [0.3, 0.4) is 0 Å². The fraction of sp³-hybridized carbons (Fsp3) is 0.667. The molecule has 0 saturated heterocycles. The number of nitrogens with one attached hydrogen (secondary N) is 1. The minimum atomic E-state index is 0.625. The molecule has 11 heavy (non-hydrogen) atoms. The molecule has 0 aliphatic carbocycles. The normalized spacial score (nSPS) is 10.4. The molecule has 1 N–H and O–H groups in total. The van der Waals surface area contributed by atoms with Crippen molar-refractivity contribution in [1.82, 2.24) is 20.3 Å². The summed E-state index contributed by atoms with van der Waals surface area (Å²) >= 11 is 5.47. The minimum absolute atomic E-state index is 0.625. The van der Waals surface area contributed by atoms with Gasteiger partial charge < -0.3 is 5.32 Å². The van der Waals surface area contributed by atoms with Crippen LogP contribution in [-0.4, -0.2) is 27.4 Å². The number of aryl methyl sites for hydroxylation is 1. The van der Waals surface area contributed by atoms with Crippen molar-refractivity contribution in [3.8, 4) is 0 Å². The first kappa shape index (κ1) is 8.49. The molecule has 1 aromatic rings. The second-order valence-electron chi connectivity index (χ2n) is 2.19. The molecule has 1 aromatic heterocycles. The Bertz CT molecular complexity index is 210. The van der Waals surface area contributed by atoms with Gasteiger partial charge in [-0.2, -0.15) is 15.0 Å². The third-order valence-electron chi connectivity index (χ3n) is 1.22. The molecule has 5 heteroatoms. The molecule has 0 aromatic carbocycles. The monoisotopic (exact) mass is 174 g/mol. The molecule has 0 amide bonds. The SMILES string of the molecule is Cn1ncc(CNCCCl)n1. The number of hydrogen-bond donors (Lipinski definition) is 1. The molecule has 0 spiro atoms. The van der Waals surface area contributed by atoms with Gasteiger partial charge in [-0.3, -0.25) is 0 Å². The topological polar surface area (TPSA) is 42.7 Å². The lowest BCUT2D eigenvalue weighted by Crippen LogP contribution is -2.16. The molecule has 0 atom stereocenters. The highest BCUT2D eigenvalue weighted by molar-refractivity contribution is 6.18. The van der Waals surface area contributed by atoms with Crippen LogP contribution in [0, 0.1) is 0 Å². The summed E-state index contributed by atoms with van der Waals surface area (Å²) in [4.78, 5) is 1.54. The largest absolute Gasteiger partial charge is 0.310 e. The summed E-state index contributed by atoms with van der Waals surface area (Å²) in [7, 11) is 1.80. The van der Waals surface area contributed by atoms with Crippen molar-refractivity contribution >= 4 is 11.6 Å². The predicted molar refractivity (Wildman–Crippen MR) is 43.4 cm³/mol.